The average molecular weight is 377 g/mol. The van der Waals surface area contributed by atoms with Crippen molar-refractivity contribution in [2.24, 2.45) is 0 Å². The van der Waals surface area contributed by atoms with Crippen LogP contribution in [0.1, 0.15) is 18.9 Å². The van der Waals surface area contributed by atoms with Gasteiger partial charge in [-0.25, -0.2) is 9.18 Å². The van der Waals surface area contributed by atoms with Crippen LogP contribution in [0.2, 0.25) is 5.02 Å². The number of amides is 3. The molecule has 0 aliphatic carbocycles. The van der Waals surface area contributed by atoms with Crippen molar-refractivity contribution in [3.05, 3.63) is 64.9 Å². The minimum absolute atomic E-state index is 0.0946. The third-order valence-electron chi connectivity index (χ3n) is 4.44. The van der Waals surface area contributed by atoms with Crippen LogP contribution < -0.4 is 10.1 Å². The Morgan fingerprint density at radius 2 is 1.77 bits per heavy atom. The molecule has 2 aromatic rings. The van der Waals surface area contributed by atoms with Crippen molar-refractivity contribution in [3.8, 4) is 5.75 Å². The highest BCUT2D eigenvalue weighted by molar-refractivity contribution is 6.30. The number of halogens is 2. The lowest BCUT2D eigenvalue weighted by Gasteiger charge is -2.25. The summed E-state index contributed by atoms with van der Waals surface area (Å²) in [5, 5.41) is 3.35. The number of hydrogen-bond donors (Lipinski definition) is 1. The van der Waals surface area contributed by atoms with Crippen LogP contribution in [0, 0.1) is 5.82 Å². The van der Waals surface area contributed by atoms with E-state index in [1.165, 1.54) is 24.3 Å². The van der Waals surface area contributed by atoms with Crippen LogP contribution >= 0.6 is 11.6 Å². The van der Waals surface area contributed by atoms with Gasteiger partial charge in [0.15, 0.2) is 0 Å². The molecule has 0 bridgehead atoms. The molecule has 0 spiro atoms. The highest BCUT2D eigenvalue weighted by Gasteiger charge is 2.50. The SMILES string of the molecule is CCC1(c2ccc(Cl)cc2)NC(=O)N(CCOc2ccc(F)cc2)C1=O. The number of carbonyl (C=O) groups excluding carboxylic acids is 2. The molecule has 1 N–H and O–H groups in total. The zero-order valence-electron chi connectivity index (χ0n) is 14.2. The molecule has 136 valence electrons. The van der Waals surface area contributed by atoms with Crippen molar-refractivity contribution in [1.29, 1.82) is 0 Å². The Morgan fingerprint density at radius 3 is 2.38 bits per heavy atom. The van der Waals surface area contributed by atoms with Crippen LogP contribution in [0.3, 0.4) is 0 Å². The highest BCUT2D eigenvalue weighted by Crippen LogP contribution is 2.33. The molecule has 3 amide bonds. The Kier molecular flexibility index (Phi) is 5.13. The molecule has 1 fully saturated rings. The standard InChI is InChI=1S/C19H18ClFN2O3/c1-2-19(13-3-5-14(20)6-4-13)17(24)23(18(25)22-19)11-12-26-16-9-7-15(21)8-10-16/h3-10H,2,11-12H2,1H3,(H,22,25). The maximum absolute atomic E-state index is 12.9. The monoisotopic (exact) mass is 376 g/mol. The van der Waals surface area contributed by atoms with E-state index >= 15 is 0 Å². The number of benzene rings is 2. The quantitative estimate of drug-likeness (QED) is 0.782. The summed E-state index contributed by atoms with van der Waals surface area (Å²) in [5.41, 5.74) is -0.415. The first-order valence-corrected chi connectivity index (χ1v) is 8.62. The summed E-state index contributed by atoms with van der Waals surface area (Å²) < 4.78 is 18.4. The maximum Gasteiger partial charge on any atom is 0.325 e. The lowest BCUT2D eigenvalue weighted by atomic mass is 9.87. The van der Waals surface area contributed by atoms with E-state index in [4.69, 9.17) is 16.3 Å². The van der Waals surface area contributed by atoms with Crippen LogP contribution in [0.15, 0.2) is 48.5 Å². The fourth-order valence-electron chi connectivity index (χ4n) is 2.99. The summed E-state index contributed by atoms with van der Waals surface area (Å²) in [7, 11) is 0. The van der Waals surface area contributed by atoms with Crippen LogP contribution in [0.5, 0.6) is 5.75 Å². The molecule has 1 unspecified atom stereocenters. The summed E-state index contributed by atoms with van der Waals surface area (Å²) in [6.45, 7) is 2.05. The molecule has 1 aliphatic heterocycles. The summed E-state index contributed by atoms with van der Waals surface area (Å²) in [6, 6.07) is 11.9. The molecule has 0 saturated carbocycles. The second kappa shape index (κ2) is 7.33. The summed E-state index contributed by atoms with van der Waals surface area (Å²) in [4.78, 5) is 26.4. The van der Waals surface area contributed by atoms with Gasteiger partial charge in [0.25, 0.3) is 5.91 Å². The lowest BCUT2D eigenvalue weighted by Crippen LogP contribution is -2.43. The molecule has 26 heavy (non-hydrogen) atoms. The topological polar surface area (TPSA) is 58.6 Å². The van der Waals surface area contributed by atoms with E-state index in [0.29, 0.717) is 22.8 Å². The van der Waals surface area contributed by atoms with Gasteiger partial charge in [0.05, 0.1) is 6.54 Å². The molecule has 1 heterocycles. The number of hydrogen-bond acceptors (Lipinski definition) is 3. The number of carbonyl (C=O) groups is 2. The first kappa shape index (κ1) is 18.2. The Labute approximate surface area is 155 Å². The molecule has 1 atom stereocenters. The molecule has 7 heteroatoms. The predicted molar refractivity (Wildman–Crippen MR) is 95.6 cm³/mol. The molecular weight excluding hydrogens is 359 g/mol. The van der Waals surface area contributed by atoms with E-state index < -0.39 is 11.6 Å². The molecule has 0 radical (unpaired) electrons. The first-order chi connectivity index (χ1) is 12.5. The van der Waals surface area contributed by atoms with E-state index in [2.05, 4.69) is 5.32 Å². The third kappa shape index (κ3) is 3.37. The first-order valence-electron chi connectivity index (χ1n) is 8.25. The number of imide groups is 1. The van der Waals surface area contributed by atoms with Crippen LogP contribution in [-0.2, 0) is 10.3 Å². The molecule has 5 nitrogen and oxygen atoms in total. The molecule has 2 aromatic carbocycles. The van der Waals surface area contributed by atoms with E-state index in [-0.39, 0.29) is 24.9 Å². The van der Waals surface area contributed by atoms with Gasteiger partial charge in [-0.15, -0.1) is 0 Å². The van der Waals surface area contributed by atoms with Crippen molar-refractivity contribution in [2.45, 2.75) is 18.9 Å². The Bertz CT molecular complexity index is 811. The fourth-order valence-corrected chi connectivity index (χ4v) is 3.11. The van der Waals surface area contributed by atoms with Gasteiger partial charge >= 0.3 is 6.03 Å². The number of nitrogens with zero attached hydrogens (tertiary/aromatic N) is 1. The third-order valence-corrected chi connectivity index (χ3v) is 4.69. The van der Waals surface area contributed by atoms with Crippen molar-refractivity contribution >= 4 is 23.5 Å². The number of nitrogens with one attached hydrogen (secondary N) is 1. The van der Waals surface area contributed by atoms with E-state index in [1.54, 1.807) is 24.3 Å². The van der Waals surface area contributed by atoms with Crippen molar-refractivity contribution in [2.75, 3.05) is 13.2 Å². The number of rotatable bonds is 6. The Balaban J connectivity index is 1.71. The van der Waals surface area contributed by atoms with Gasteiger partial charge in [-0.2, -0.15) is 0 Å². The number of urea groups is 1. The fraction of sp³-hybridized carbons (Fsp3) is 0.263. The van der Waals surface area contributed by atoms with Crippen LogP contribution in [0.25, 0.3) is 0 Å². The van der Waals surface area contributed by atoms with Gasteiger partial charge in [-0.05, 0) is 48.4 Å². The second-order valence-electron chi connectivity index (χ2n) is 5.96. The highest BCUT2D eigenvalue weighted by atomic mass is 35.5. The average Bonchev–Trinajstić information content (AvgIpc) is 2.89. The Morgan fingerprint density at radius 1 is 1.12 bits per heavy atom. The normalized spacial score (nSPS) is 19.6. The summed E-state index contributed by atoms with van der Waals surface area (Å²) >= 11 is 5.91. The second-order valence-corrected chi connectivity index (χ2v) is 6.39. The lowest BCUT2D eigenvalue weighted by molar-refractivity contribution is -0.132. The van der Waals surface area contributed by atoms with E-state index in [1.807, 2.05) is 6.92 Å². The molecule has 0 aromatic heterocycles. The number of ether oxygens (including phenoxy) is 1. The zero-order valence-corrected chi connectivity index (χ0v) is 14.9. The molecular formula is C19H18ClFN2O3. The van der Waals surface area contributed by atoms with Gasteiger partial charge in [0.2, 0.25) is 0 Å². The smallest absolute Gasteiger partial charge is 0.325 e. The van der Waals surface area contributed by atoms with E-state index in [9.17, 15) is 14.0 Å². The van der Waals surface area contributed by atoms with Gasteiger partial charge in [0.1, 0.15) is 23.7 Å². The molecule has 1 aliphatic rings. The molecule has 1 saturated heterocycles. The van der Waals surface area contributed by atoms with Gasteiger partial charge in [-0.1, -0.05) is 30.7 Å². The van der Waals surface area contributed by atoms with Crippen LogP contribution in [0.4, 0.5) is 9.18 Å². The van der Waals surface area contributed by atoms with Crippen molar-refractivity contribution in [1.82, 2.24) is 10.2 Å². The van der Waals surface area contributed by atoms with Gasteiger partial charge < -0.3 is 10.1 Å². The minimum atomic E-state index is -1.10. The maximum atomic E-state index is 12.9. The van der Waals surface area contributed by atoms with Crippen molar-refractivity contribution < 1.29 is 18.7 Å². The van der Waals surface area contributed by atoms with Crippen LogP contribution in [-0.4, -0.2) is 30.0 Å². The summed E-state index contributed by atoms with van der Waals surface area (Å²) in [5.74, 6) is -0.213. The molecule has 3 rings (SSSR count). The zero-order chi connectivity index (χ0) is 18.7. The van der Waals surface area contributed by atoms with Crippen molar-refractivity contribution in [3.63, 3.8) is 0 Å². The minimum Gasteiger partial charge on any atom is -0.492 e. The predicted octanol–water partition coefficient (Wildman–Crippen LogP) is 3.72. The Hall–Kier alpha value is -2.60. The van der Waals surface area contributed by atoms with E-state index in [0.717, 1.165) is 4.90 Å². The van der Waals surface area contributed by atoms with Gasteiger partial charge in [-0.3, -0.25) is 9.69 Å². The summed E-state index contributed by atoms with van der Waals surface area (Å²) in [6.07, 6.45) is 0.411. The van der Waals surface area contributed by atoms with Gasteiger partial charge in [0, 0.05) is 5.02 Å². The largest absolute Gasteiger partial charge is 0.492 e.